The highest BCUT2D eigenvalue weighted by molar-refractivity contribution is 5.93. The average Bonchev–Trinajstić information content (AvgIpc) is 4.00. The number of hydrogen-bond acceptors (Lipinski definition) is 7. The summed E-state index contributed by atoms with van der Waals surface area (Å²) >= 11 is 0. The maximum atomic E-state index is 13.4. The van der Waals surface area contributed by atoms with Crippen LogP contribution < -0.4 is 10.5 Å². The number of aromatic nitrogens is 4. The Bertz CT molecular complexity index is 2250. The molecule has 11 nitrogen and oxygen atoms in total. The molecule has 0 radical (unpaired) electrons. The van der Waals surface area contributed by atoms with Crippen LogP contribution in [-0.2, 0) is 15.0 Å². The summed E-state index contributed by atoms with van der Waals surface area (Å²) in [4.78, 5) is 46.8. The zero-order valence-electron chi connectivity index (χ0n) is 32.7. The number of rotatable bonds is 9. The van der Waals surface area contributed by atoms with Gasteiger partial charge in [0.15, 0.2) is 0 Å². The number of nitrogens with zero attached hydrogens (tertiary/aromatic N) is 4. The van der Waals surface area contributed by atoms with E-state index in [1.807, 2.05) is 49.9 Å². The van der Waals surface area contributed by atoms with Gasteiger partial charge in [-0.05, 0) is 66.5 Å². The van der Waals surface area contributed by atoms with Gasteiger partial charge in [-0.25, -0.2) is 9.97 Å². The predicted molar refractivity (Wildman–Crippen MR) is 213 cm³/mol. The first-order valence-electron chi connectivity index (χ1n) is 19.8. The van der Waals surface area contributed by atoms with Crippen LogP contribution in [0.25, 0.3) is 33.3 Å². The molecule has 5 N–H and O–H groups in total. The molecule has 288 valence electrons. The molecule has 1 unspecified atom stereocenters. The number of ether oxygens (including phenoxy) is 1. The molecule has 0 spiro atoms. The van der Waals surface area contributed by atoms with Gasteiger partial charge in [-0.3, -0.25) is 9.59 Å². The maximum absolute atomic E-state index is 13.4. The summed E-state index contributed by atoms with van der Waals surface area (Å²) in [5, 5.41) is 12.1. The fourth-order valence-electron chi connectivity index (χ4n) is 8.95. The summed E-state index contributed by atoms with van der Waals surface area (Å²) in [5.41, 5.74) is 11.9. The number of aromatic amines is 2. The number of nitrogens with two attached hydrogens (primary N) is 1. The topological polar surface area (TPSA) is 153 Å². The predicted octanol–water partition coefficient (Wildman–Crippen LogP) is 7.63. The summed E-state index contributed by atoms with van der Waals surface area (Å²) in [6.45, 7) is 13.6. The molecule has 3 aliphatic rings. The normalized spacial score (nSPS) is 20.2. The number of likely N-dealkylation sites (tertiary alicyclic amines) is 2. The molecule has 0 bridgehead atoms. The Balaban J connectivity index is 1.03. The van der Waals surface area contributed by atoms with Crippen LogP contribution in [0.3, 0.4) is 0 Å². The van der Waals surface area contributed by atoms with Gasteiger partial charge in [0, 0.05) is 40.8 Å². The molecule has 2 fully saturated rings. The van der Waals surface area contributed by atoms with Gasteiger partial charge in [-0.15, -0.1) is 0 Å². The number of carbonyl (C=O) groups is 2. The lowest BCUT2D eigenvalue weighted by atomic mass is 9.73. The monoisotopic (exact) mass is 743 g/mol. The molecule has 4 atom stereocenters. The van der Waals surface area contributed by atoms with E-state index < -0.39 is 12.0 Å². The average molecular weight is 744 g/mol. The lowest BCUT2D eigenvalue weighted by molar-refractivity contribution is -0.139. The first kappa shape index (κ1) is 36.9. The summed E-state index contributed by atoms with van der Waals surface area (Å²) in [5.74, 6) is 2.92. The van der Waals surface area contributed by atoms with Gasteiger partial charge in [0.05, 0.1) is 54.4 Å². The quantitative estimate of drug-likeness (QED) is 0.121. The highest BCUT2D eigenvalue weighted by Crippen LogP contribution is 2.51. The Kier molecular flexibility index (Phi) is 9.58. The van der Waals surface area contributed by atoms with E-state index in [4.69, 9.17) is 20.4 Å². The molecule has 55 heavy (non-hydrogen) atoms. The number of benzene rings is 3. The first-order chi connectivity index (χ1) is 26.4. The highest BCUT2D eigenvalue weighted by Gasteiger charge is 2.39. The Hall–Kier alpha value is -5.00. The van der Waals surface area contributed by atoms with Crippen molar-refractivity contribution in [3.05, 3.63) is 83.7 Å². The van der Waals surface area contributed by atoms with E-state index in [1.54, 1.807) is 0 Å². The third-order valence-electron chi connectivity index (χ3n) is 12.3. The number of amides is 2. The van der Waals surface area contributed by atoms with Crippen LogP contribution in [0.1, 0.15) is 102 Å². The van der Waals surface area contributed by atoms with Crippen molar-refractivity contribution in [3.8, 4) is 34.0 Å². The number of aliphatic hydroxyl groups excluding tert-OH is 1. The van der Waals surface area contributed by atoms with Gasteiger partial charge >= 0.3 is 0 Å². The minimum Gasteiger partial charge on any atom is -0.457 e. The van der Waals surface area contributed by atoms with E-state index in [9.17, 15) is 14.7 Å². The van der Waals surface area contributed by atoms with Crippen molar-refractivity contribution in [2.75, 3.05) is 19.7 Å². The first-order valence-corrected chi connectivity index (χ1v) is 19.8. The third-order valence-corrected chi connectivity index (χ3v) is 12.3. The number of imidazole rings is 2. The van der Waals surface area contributed by atoms with Crippen molar-refractivity contribution >= 4 is 22.6 Å². The number of nitrogens with one attached hydrogen (secondary N) is 2. The minimum absolute atomic E-state index is 0.000472. The second-order valence-electron chi connectivity index (χ2n) is 16.9. The SMILES string of the molecule is CC(C)C(CO)C(=O)N1CCC[C@H]1c1ncc(-c2ccc3c4c(ccc3c2)Oc2cc(-c3cnc([C@@H]5CCCN5C(=O)[C@@H](N)C(C)C)[nH]3)ccc2C4(C)C)[nH]1. The fraction of sp³-hybridized carbons (Fsp3) is 0.455. The molecule has 2 aromatic heterocycles. The summed E-state index contributed by atoms with van der Waals surface area (Å²) in [6.07, 6.45) is 7.23. The van der Waals surface area contributed by atoms with Gasteiger partial charge in [0.2, 0.25) is 11.8 Å². The van der Waals surface area contributed by atoms with Gasteiger partial charge in [-0.2, -0.15) is 0 Å². The standard InChI is InChI=1S/C44H53N7O4/c1-24(2)30(23-52)42(53)50-17-7-9-34(50)40-46-21-32(48-40)27-11-14-29-26(19-27)13-16-36-38(29)44(5,6)31-15-12-28(20-37(31)55-36)33-22-47-41(49-33)35-10-8-18-51(35)43(54)39(45)25(3)4/h11-16,19-22,24-25,30,34-35,39,52H,7-10,17-18,23,45H2,1-6H3,(H,46,48)(H,47,49)/t30?,34-,35-,39-/m0/s1. The van der Waals surface area contributed by atoms with E-state index in [2.05, 4.69) is 72.3 Å². The van der Waals surface area contributed by atoms with E-state index >= 15 is 0 Å². The Morgan fingerprint density at radius 3 is 2.04 bits per heavy atom. The van der Waals surface area contributed by atoms with Crippen molar-refractivity contribution in [1.29, 1.82) is 0 Å². The minimum atomic E-state index is -0.522. The van der Waals surface area contributed by atoms with E-state index in [-0.39, 0.29) is 47.8 Å². The summed E-state index contributed by atoms with van der Waals surface area (Å²) in [6, 6.07) is 16.2. The second kappa shape index (κ2) is 14.3. The largest absolute Gasteiger partial charge is 0.457 e. The molecular formula is C44H53N7O4. The van der Waals surface area contributed by atoms with Crippen molar-refractivity contribution in [2.45, 2.75) is 90.8 Å². The number of hydrogen-bond donors (Lipinski definition) is 4. The number of H-pyrrole nitrogens is 2. The van der Waals surface area contributed by atoms with Crippen LogP contribution in [0.4, 0.5) is 0 Å². The lowest BCUT2D eigenvalue weighted by Gasteiger charge is -2.35. The van der Waals surface area contributed by atoms with Crippen LogP contribution in [0, 0.1) is 17.8 Å². The summed E-state index contributed by atoms with van der Waals surface area (Å²) in [7, 11) is 0. The van der Waals surface area contributed by atoms with Gasteiger partial charge in [0.25, 0.3) is 0 Å². The molecule has 2 saturated heterocycles. The van der Waals surface area contributed by atoms with Crippen molar-refractivity contribution in [3.63, 3.8) is 0 Å². The summed E-state index contributed by atoms with van der Waals surface area (Å²) < 4.78 is 6.67. The van der Waals surface area contributed by atoms with E-state index in [0.717, 1.165) is 93.2 Å². The molecule has 2 amide bonds. The zero-order chi connectivity index (χ0) is 38.8. The van der Waals surface area contributed by atoms with E-state index in [0.29, 0.717) is 13.1 Å². The van der Waals surface area contributed by atoms with E-state index in [1.165, 1.54) is 0 Å². The van der Waals surface area contributed by atoms with Crippen molar-refractivity contribution < 1.29 is 19.4 Å². The number of fused-ring (bicyclic) bond motifs is 4. The smallest absolute Gasteiger partial charge is 0.240 e. The number of aliphatic hydroxyl groups is 1. The zero-order valence-corrected chi connectivity index (χ0v) is 32.7. The van der Waals surface area contributed by atoms with Crippen molar-refractivity contribution in [1.82, 2.24) is 29.7 Å². The van der Waals surface area contributed by atoms with Gasteiger partial charge in [0.1, 0.15) is 23.1 Å². The molecule has 3 aromatic carbocycles. The molecule has 8 rings (SSSR count). The molecular weight excluding hydrogens is 691 g/mol. The Labute approximate surface area is 322 Å². The van der Waals surface area contributed by atoms with Crippen LogP contribution >= 0.6 is 0 Å². The Morgan fingerprint density at radius 2 is 1.44 bits per heavy atom. The molecule has 5 heterocycles. The molecule has 0 aliphatic carbocycles. The molecule has 3 aliphatic heterocycles. The maximum Gasteiger partial charge on any atom is 0.240 e. The number of carbonyl (C=O) groups excluding carboxylic acids is 2. The molecule has 11 heteroatoms. The highest BCUT2D eigenvalue weighted by atomic mass is 16.5. The third kappa shape index (κ3) is 6.40. The Morgan fingerprint density at radius 1 is 0.836 bits per heavy atom. The van der Waals surface area contributed by atoms with Crippen LogP contribution in [0.15, 0.2) is 60.9 Å². The lowest BCUT2D eigenvalue weighted by Crippen LogP contribution is -2.46. The van der Waals surface area contributed by atoms with Crippen LogP contribution in [-0.4, -0.2) is 72.4 Å². The second-order valence-corrected chi connectivity index (χ2v) is 16.9. The molecule has 0 saturated carbocycles. The van der Waals surface area contributed by atoms with Crippen LogP contribution in [0.5, 0.6) is 11.5 Å². The van der Waals surface area contributed by atoms with Gasteiger partial charge < -0.3 is 35.3 Å². The van der Waals surface area contributed by atoms with Crippen molar-refractivity contribution in [2.24, 2.45) is 23.5 Å². The van der Waals surface area contributed by atoms with Crippen LogP contribution in [0.2, 0.25) is 0 Å². The molecule has 5 aromatic rings. The van der Waals surface area contributed by atoms with Gasteiger partial charge in [-0.1, -0.05) is 71.9 Å². The fourth-order valence-corrected chi connectivity index (χ4v) is 8.95.